The summed E-state index contributed by atoms with van der Waals surface area (Å²) in [4.78, 5) is 4.27. The van der Waals surface area contributed by atoms with Gasteiger partial charge in [-0.15, -0.1) is 0 Å². The summed E-state index contributed by atoms with van der Waals surface area (Å²) in [5.74, 6) is 0. The molecule has 1 aliphatic rings. The van der Waals surface area contributed by atoms with Crippen LogP contribution < -0.4 is 0 Å². The second-order valence-electron chi connectivity index (χ2n) is 5.33. The predicted molar refractivity (Wildman–Crippen MR) is 73.2 cm³/mol. The molecule has 0 aliphatic heterocycles. The summed E-state index contributed by atoms with van der Waals surface area (Å²) in [5, 5.41) is 21.0. The van der Waals surface area contributed by atoms with Crippen molar-refractivity contribution in [3.05, 3.63) is 42.1 Å². The van der Waals surface area contributed by atoms with Crippen molar-refractivity contribution in [2.24, 2.45) is 5.41 Å². The molecule has 1 unspecified atom stereocenters. The highest BCUT2D eigenvalue weighted by molar-refractivity contribution is 5.79. The van der Waals surface area contributed by atoms with Gasteiger partial charge < -0.3 is 5.11 Å². The third-order valence-corrected chi connectivity index (χ3v) is 4.18. The van der Waals surface area contributed by atoms with E-state index in [9.17, 15) is 10.4 Å². The number of hydrogen-bond donors (Lipinski definition) is 1. The van der Waals surface area contributed by atoms with Crippen molar-refractivity contribution in [2.75, 3.05) is 0 Å². The molecular weight excluding hydrogens is 236 g/mol. The first-order chi connectivity index (χ1) is 9.25. The van der Waals surface area contributed by atoms with Crippen molar-refractivity contribution >= 4 is 10.9 Å². The van der Waals surface area contributed by atoms with Crippen LogP contribution in [0.15, 0.2) is 36.5 Å². The Kier molecular flexibility index (Phi) is 2.96. The fourth-order valence-corrected chi connectivity index (χ4v) is 3.04. The van der Waals surface area contributed by atoms with Gasteiger partial charge in [0, 0.05) is 11.6 Å². The maximum Gasteiger partial charge on any atom is 0.0976 e. The van der Waals surface area contributed by atoms with Crippen LogP contribution >= 0.6 is 0 Å². The van der Waals surface area contributed by atoms with Crippen molar-refractivity contribution in [1.82, 2.24) is 4.98 Å². The summed E-state index contributed by atoms with van der Waals surface area (Å²) < 4.78 is 0. The molecule has 3 rings (SSSR count). The van der Waals surface area contributed by atoms with Crippen LogP contribution in [-0.2, 0) is 0 Å². The number of pyridine rings is 1. The van der Waals surface area contributed by atoms with E-state index < -0.39 is 11.5 Å². The molecular formula is C16H16N2O. The third-order valence-electron chi connectivity index (χ3n) is 4.18. The number of rotatable bonds is 2. The number of nitriles is 1. The molecule has 1 saturated carbocycles. The largest absolute Gasteiger partial charge is 0.387 e. The van der Waals surface area contributed by atoms with E-state index in [2.05, 4.69) is 11.1 Å². The Bertz CT molecular complexity index is 638. The maximum atomic E-state index is 10.6. The fourth-order valence-electron chi connectivity index (χ4n) is 3.04. The second-order valence-corrected chi connectivity index (χ2v) is 5.33. The average molecular weight is 252 g/mol. The minimum atomic E-state index is -0.704. The van der Waals surface area contributed by atoms with E-state index >= 15 is 0 Å². The summed E-state index contributed by atoms with van der Waals surface area (Å²) in [6.07, 6.45) is 4.68. The number of aliphatic hydroxyl groups is 1. The molecule has 3 nitrogen and oxygen atoms in total. The molecule has 1 N–H and O–H groups in total. The van der Waals surface area contributed by atoms with E-state index in [0.29, 0.717) is 0 Å². The molecule has 1 aromatic carbocycles. The number of aromatic nitrogens is 1. The number of hydrogen-bond acceptors (Lipinski definition) is 3. The Balaban J connectivity index is 2.02. The van der Waals surface area contributed by atoms with Crippen molar-refractivity contribution < 1.29 is 5.11 Å². The Morgan fingerprint density at radius 3 is 2.79 bits per heavy atom. The summed E-state index contributed by atoms with van der Waals surface area (Å²) in [6, 6.07) is 12.0. The molecule has 1 aliphatic carbocycles. The van der Waals surface area contributed by atoms with Gasteiger partial charge in [0.2, 0.25) is 0 Å². The Labute approximate surface area is 112 Å². The van der Waals surface area contributed by atoms with Gasteiger partial charge in [-0.05, 0) is 36.6 Å². The van der Waals surface area contributed by atoms with Crippen molar-refractivity contribution in [2.45, 2.75) is 31.8 Å². The number of nitrogens with zero attached hydrogens (tertiary/aromatic N) is 2. The zero-order chi connectivity index (χ0) is 13.3. The van der Waals surface area contributed by atoms with Crippen LogP contribution in [0.5, 0.6) is 0 Å². The monoisotopic (exact) mass is 252 g/mol. The SMILES string of the molecule is N#CC1(C(O)c2ccc3ncccc3c2)CCCC1. The third kappa shape index (κ3) is 1.98. The Morgan fingerprint density at radius 1 is 1.26 bits per heavy atom. The molecule has 1 aromatic heterocycles. The minimum Gasteiger partial charge on any atom is -0.387 e. The van der Waals surface area contributed by atoms with Gasteiger partial charge >= 0.3 is 0 Å². The van der Waals surface area contributed by atoms with E-state index in [1.165, 1.54) is 0 Å². The van der Waals surface area contributed by atoms with Crippen LogP contribution in [0.1, 0.15) is 37.4 Å². The lowest BCUT2D eigenvalue weighted by Gasteiger charge is -2.27. The van der Waals surface area contributed by atoms with Crippen LogP contribution in [-0.4, -0.2) is 10.1 Å². The van der Waals surface area contributed by atoms with E-state index in [4.69, 9.17) is 0 Å². The highest BCUT2D eigenvalue weighted by Crippen LogP contribution is 2.47. The van der Waals surface area contributed by atoms with Gasteiger partial charge in [0.05, 0.1) is 23.1 Å². The quantitative estimate of drug-likeness (QED) is 0.891. The van der Waals surface area contributed by atoms with Gasteiger partial charge in [0.1, 0.15) is 0 Å². The van der Waals surface area contributed by atoms with Crippen LogP contribution in [0.25, 0.3) is 10.9 Å². The zero-order valence-electron chi connectivity index (χ0n) is 10.7. The number of fused-ring (bicyclic) bond motifs is 1. The predicted octanol–water partition coefficient (Wildman–Crippen LogP) is 3.35. The minimum absolute atomic E-state index is 0.601. The van der Waals surface area contributed by atoms with Crippen LogP contribution in [0.2, 0.25) is 0 Å². The van der Waals surface area contributed by atoms with E-state index in [1.54, 1.807) is 6.20 Å². The lowest BCUT2D eigenvalue weighted by molar-refractivity contribution is 0.0672. The Morgan fingerprint density at radius 2 is 2.05 bits per heavy atom. The molecule has 0 saturated heterocycles. The molecule has 19 heavy (non-hydrogen) atoms. The molecule has 0 spiro atoms. The zero-order valence-corrected chi connectivity index (χ0v) is 10.7. The smallest absolute Gasteiger partial charge is 0.0976 e. The molecule has 3 heteroatoms. The highest BCUT2D eigenvalue weighted by Gasteiger charge is 2.41. The molecule has 1 fully saturated rings. The van der Waals surface area contributed by atoms with Crippen LogP contribution in [0.3, 0.4) is 0 Å². The first-order valence-corrected chi connectivity index (χ1v) is 6.69. The summed E-state index contributed by atoms with van der Waals surface area (Å²) in [5.41, 5.74) is 1.13. The van der Waals surface area contributed by atoms with Crippen molar-refractivity contribution in [3.63, 3.8) is 0 Å². The second kappa shape index (κ2) is 4.64. The fraction of sp³-hybridized carbons (Fsp3) is 0.375. The van der Waals surface area contributed by atoms with E-state index in [1.807, 2.05) is 30.3 Å². The first-order valence-electron chi connectivity index (χ1n) is 6.69. The lowest BCUT2D eigenvalue weighted by Crippen LogP contribution is -2.23. The normalized spacial score (nSPS) is 19.2. The van der Waals surface area contributed by atoms with Crippen LogP contribution in [0.4, 0.5) is 0 Å². The van der Waals surface area contributed by atoms with Crippen molar-refractivity contribution in [1.29, 1.82) is 5.26 Å². The maximum absolute atomic E-state index is 10.6. The molecule has 0 radical (unpaired) electrons. The van der Waals surface area contributed by atoms with Gasteiger partial charge in [-0.2, -0.15) is 5.26 Å². The van der Waals surface area contributed by atoms with Gasteiger partial charge in [0.25, 0.3) is 0 Å². The van der Waals surface area contributed by atoms with Gasteiger partial charge in [-0.25, -0.2) is 0 Å². The van der Waals surface area contributed by atoms with Crippen molar-refractivity contribution in [3.8, 4) is 6.07 Å². The topological polar surface area (TPSA) is 56.9 Å². The summed E-state index contributed by atoms with van der Waals surface area (Å²) in [7, 11) is 0. The summed E-state index contributed by atoms with van der Waals surface area (Å²) >= 11 is 0. The molecule has 96 valence electrons. The molecule has 1 atom stereocenters. The first kappa shape index (κ1) is 12.1. The van der Waals surface area contributed by atoms with Gasteiger partial charge in [-0.3, -0.25) is 4.98 Å². The van der Waals surface area contributed by atoms with Gasteiger partial charge in [0.15, 0.2) is 0 Å². The van der Waals surface area contributed by atoms with E-state index in [0.717, 1.165) is 42.1 Å². The molecule has 0 bridgehead atoms. The summed E-state index contributed by atoms with van der Waals surface area (Å²) in [6.45, 7) is 0. The molecule has 2 aromatic rings. The van der Waals surface area contributed by atoms with Crippen LogP contribution in [0, 0.1) is 16.7 Å². The Hall–Kier alpha value is -1.92. The molecule has 0 amide bonds. The van der Waals surface area contributed by atoms with E-state index in [-0.39, 0.29) is 0 Å². The molecule has 1 heterocycles. The average Bonchev–Trinajstić information content (AvgIpc) is 2.96. The number of aliphatic hydroxyl groups excluding tert-OH is 1. The standard InChI is InChI=1S/C16H16N2O/c17-11-16(7-1-2-8-16)15(19)13-5-6-14-12(10-13)4-3-9-18-14/h3-6,9-10,15,19H,1-2,7-8H2. The van der Waals surface area contributed by atoms with Gasteiger partial charge in [-0.1, -0.05) is 25.0 Å². The highest BCUT2D eigenvalue weighted by atomic mass is 16.3. The number of benzene rings is 1. The lowest BCUT2D eigenvalue weighted by atomic mass is 9.78.